The van der Waals surface area contributed by atoms with E-state index >= 15 is 0 Å². The maximum absolute atomic E-state index is 12.5. The Morgan fingerprint density at radius 3 is 2.89 bits per heavy atom. The van der Waals surface area contributed by atoms with Crippen LogP contribution in [0.2, 0.25) is 0 Å². The second-order valence-electron chi connectivity index (χ2n) is 6.61. The number of aromatic amines is 1. The normalized spacial score (nSPS) is 13.9. The Kier molecular flexibility index (Phi) is 4.40. The van der Waals surface area contributed by atoms with Gasteiger partial charge in [-0.1, -0.05) is 11.8 Å². The molecule has 0 unspecified atom stereocenters. The van der Waals surface area contributed by atoms with Crippen LogP contribution < -0.4 is 10.3 Å². The number of ether oxygens (including phenoxy) is 1. The topological polar surface area (TPSA) is 85.7 Å². The number of nitrogens with one attached hydrogen (secondary N) is 1. The second-order valence-corrected chi connectivity index (χ2v) is 8.60. The number of methoxy groups -OCH3 is 1. The molecule has 7 nitrogen and oxygen atoms in total. The zero-order valence-electron chi connectivity index (χ0n) is 15.1. The molecule has 0 spiro atoms. The van der Waals surface area contributed by atoms with E-state index in [1.54, 1.807) is 25.2 Å². The van der Waals surface area contributed by atoms with Crippen molar-refractivity contribution >= 4 is 33.3 Å². The number of thioether (sulfide) groups is 1. The van der Waals surface area contributed by atoms with Crippen LogP contribution in [0, 0.1) is 0 Å². The van der Waals surface area contributed by atoms with E-state index in [4.69, 9.17) is 4.74 Å². The van der Waals surface area contributed by atoms with Crippen molar-refractivity contribution in [2.45, 2.75) is 29.8 Å². The van der Waals surface area contributed by atoms with E-state index in [-0.39, 0.29) is 5.56 Å². The summed E-state index contributed by atoms with van der Waals surface area (Å²) < 4.78 is 7.95. The minimum absolute atomic E-state index is 0.103. The van der Waals surface area contributed by atoms with Crippen molar-refractivity contribution in [3.8, 4) is 16.2 Å². The average Bonchev–Trinajstić information content (AvgIpc) is 3.28. The summed E-state index contributed by atoms with van der Waals surface area (Å²) in [6.07, 6.45) is 4.13. The molecule has 1 N–H and O–H groups in total. The first-order chi connectivity index (χ1) is 13.7. The van der Waals surface area contributed by atoms with E-state index in [1.165, 1.54) is 24.2 Å². The third kappa shape index (κ3) is 3.31. The molecule has 0 radical (unpaired) electrons. The fourth-order valence-electron chi connectivity index (χ4n) is 3.03. The summed E-state index contributed by atoms with van der Waals surface area (Å²) in [5.41, 5.74) is 1.66. The third-order valence-electron chi connectivity index (χ3n) is 4.62. The average molecular weight is 412 g/mol. The number of H-pyrrole nitrogens is 1. The van der Waals surface area contributed by atoms with Gasteiger partial charge in [-0.15, -0.1) is 21.5 Å². The summed E-state index contributed by atoms with van der Waals surface area (Å²) in [7, 11) is 1.64. The van der Waals surface area contributed by atoms with E-state index in [1.807, 2.05) is 30.3 Å². The fourth-order valence-corrected chi connectivity index (χ4v) is 4.88. The minimum Gasteiger partial charge on any atom is -0.497 e. The Bertz CT molecular complexity index is 1190. The Hall–Kier alpha value is -2.65. The van der Waals surface area contributed by atoms with Crippen LogP contribution in [0.1, 0.15) is 24.7 Å². The van der Waals surface area contributed by atoms with Gasteiger partial charge in [0.1, 0.15) is 22.6 Å². The lowest BCUT2D eigenvalue weighted by Crippen LogP contribution is -2.09. The molecule has 1 aromatic carbocycles. The summed E-state index contributed by atoms with van der Waals surface area (Å²) in [4.78, 5) is 21.1. The first-order valence-corrected chi connectivity index (χ1v) is 10.7. The van der Waals surface area contributed by atoms with Crippen molar-refractivity contribution in [2.24, 2.45) is 0 Å². The molecule has 3 heterocycles. The molecule has 0 amide bonds. The van der Waals surface area contributed by atoms with Crippen molar-refractivity contribution in [2.75, 3.05) is 7.11 Å². The molecule has 0 bridgehead atoms. The van der Waals surface area contributed by atoms with Gasteiger partial charge in [-0.3, -0.25) is 4.79 Å². The first-order valence-electron chi connectivity index (χ1n) is 8.91. The molecule has 28 heavy (non-hydrogen) atoms. The SMILES string of the molecule is COc1ccc(-c2cc3nc(CSc4nncn4C4CC4)[nH]c(=O)c3s2)cc1. The number of aromatic nitrogens is 5. The van der Waals surface area contributed by atoms with Crippen LogP contribution in [0.5, 0.6) is 5.75 Å². The molecular weight excluding hydrogens is 394 g/mol. The number of benzene rings is 1. The van der Waals surface area contributed by atoms with Crippen molar-refractivity contribution < 1.29 is 4.74 Å². The van der Waals surface area contributed by atoms with E-state index in [0.717, 1.165) is 26.9 Å². The summed E-state index contributed by atoms with van der Waals surface area (Å²) in [5, 5.41) is 9.06. The molecular formula is C19H17N5O2S2. The van der Waals surface area contributed by atoms with Gasteiger partial charge in [0, 0.05) is 10.9 Å². The third-order valence-corrected chi connectivity index (χ3v) is 6.77. The summed E-state index contributed by atoms with van der Waals surface area (Å²) in [6, 6.07) is 10.3. The monoisotopic (exact) mass is 411 g/mol. The highest BCUT2D eigenvalue weighted by molar-refractivity contribution is 7.98. The number of hydrogen-bond acceptors (Lipinski definition) is 7. The highest BCUT2D eigenvalue weighted by Gasteiger charge is 2.26. The predicted molar refractivity (Wildman–Crippen MR) is 110 cm³/mol. The van der Waals surface area contributed by atoms with Crippen molar-refractivity contribution in [1.29, 1.82) is 0 Å². The Labute approximate surface area is 168 Å². The molecule has 142 valence electrons. The Morgan fingerprint density at radius 2 is 2.14 bits per heavy atom. The van der Waals surface area contributed by atoms with Crippen LogP contribution in [-0.2, 0) is 5.75 Å². The smallest absolute Gasteiger partial charge is 0.268 e. The van der Waals surface area contributed by atoms with E-state index in [9.17, 15) is 4.79 Å². The largest absolute Gasteiger partial charge is 0.497 e. The van der Waals surface area contributed by atoms with Crippen LogP contribution in [0.4, 0.5) is 0 Å². The van der Waals surface area contributed by atoms with Crippen molar-refractivity contribution in [3.05, 3.63) is 52.8 Å². The molecule has 5 rings (SSSR count). The van der Waals surface area contributed by atoms with Crippen LogP contribution in [-0.4, -0.2) is 31.8 Å². The van der Waals surface area contributed by atoms with E-state index < -0.39 is 0 Å². The number of hydrogen-bond donors (Lipinski definition) is 1. The summed E-state index contributed by atoms with van der Waals surface area (Å²) in [6.45, 7) is 0. The number of thiophene rings is 1. The molecule has 1 aliphatic rings. The van der Waals surface area contributed by atoms with Crippen molar-refractivity contribution in [3.63, 3.8) is 0 Å². The molecule has 3 aromatic heterocycles. The van der Waals surface area contributed by atoms with Crippen LogP contribution in [0.15, 0.2) is 46.6 Å². The van der Waals surface area contributed by atoms with Gasteiger partial charge in [-0.25, -0.2) is 4.98 Å². The zero-order valence-corrected chi connectivity index (χ0v) is 16.7. The van der Waals surface area contributed by atoms with E-state index in [2.05, 4.69) is 24.7 Å². The van der Waals surface area contributed by atoms with Gasteiger partial charge in [0.25, 0.3) is 5.56 Å². The van der Waals surface area contributed by atoms with Gasteiger partial charge in [0.15, 0.2) is 5.16 Å². The maximum Gasteiger partial charge on any atom is 0.268 e. The lowest BCUT2D eigenvalue weighted by molar-refractivity contribution is 0.415. The first kappa shape index (κ1) is 17.4. The van der Waals surface area contributed by atoms with Gasteiger partial charge < -0.3 is 14.3 Å². The Balaban J connectivity index is 1.41. The number of fused-ring (bicyclic) bond motifs is 1. The number of nitrogens with zero attached hydrogens (tertiary/aromatic N) is 4. The molecule has 0 aliphatic heterocycles. The molecule has 0 saturated heterocycles. The fraction of sp³-hybridized carbons (Fsp3) is 0.263. The van der Waals surface area contributed by atoms with Gasteiger partial charge in [-0.05, 0) is 48.7 Å². The quantitative estimate of drug-likeness (QED) is 0.485. The molecule has 1 fully saturated rings. The number of rotatable bonds is 6. The van der Waals surface area contributed by atoms with Crippen LogP contribution in [0.3, 0.4) is 0 Å². The van der Waals surface area contributed by atoms with Gasteiger partial charge >= 0.3 is 0 Å². The lowest BCUT2D eigenvalue weighted by atomic mass is 10.2. The molecule has 1 saturated carbocycles. The summed E-state index contributed by atoms with van der Waals surface area (Å²) in [5.74, 6) is 2.00. The molecule has 9 heteroatoms. The van der Waals surface area contributed by atoms with Gasteiger partial charge in [0.2, 0.25) is 0 Å². The highest BCUT2D eigenvalue weighted by Crippen LogP contribution is 2.37. The lowest BCUT2D eigenvalue weighted by Gasteiger charge is -2.03. The predicted octanol–water partition coefficient (Wildman–Crippen LogP) is 3.88. The van der Waals surface area contributed by atoms with Crippen LogP contribution in [0.25, 0.3) is 20.7 Å². The Morgan fingerprint density at radius 1 is 1.32 bits per heavy atom. The molecule has 4 aromatic rings. The standard InChI is InChI=1S/C19H17N5O2S2/c1-26-13-6-2-11(3-7-13)15-8-14-17(28-15)18(25)22-16(21-14)9-27-19-23-20-10-24(19)12-4-5-12/h2-3,6-8,10,12H,4-5,9H2,1H3,(H,21,22,25). The van der Waals surface area contributed by atoms with Crippen LogP contribution >= 0.6 is 23.1 Å². The van der Waals surface area contributed by atoms with Gasteiger partial charge in [-0.2, -0.15) is 0 Å². The summed E-state index contributed by atoms with van der Waals surface area (Å²) >= 11 is 3.00. The van der Waals surface area contributed by atoms with Crippen molar-refractivity contribution in [1.82, 2.24) is 24.7 Å². The van der Waals surface area contributed by atoms with Gasteiger partial charge in [0.05, 0.1) is 18.4 Å². The second kappa shape index (κ2) is 7.06. The minimum atomic E-state index is -0.103. The maximum atomic E-state index is 12.5. The highest BCUT2D eigenvalue weighted by atomic mass is 32.2. The zero-order chi connectivity index (χ0) is 19.1. The molecule has 1 aliphatic carbocycles. The molecule has 0 atom stereocenters. The van der Waals surface area contributed by atoms with E-state index in [0.29, 0.717) is 22.3 Å².